The molecule has 0 fully saturated rings. The molecule has 4 rings (SSSR count). The summed E-state index contributed by atoms with van der Waals surface area (Å²) in [6.07, 6.45) is 4.12. The van der Waals surface area contributed by atoms with E-state index in [1.807, 2.05) is 6.92 Å². The van der Waals surface area contributed by atoms with Crippen molar-refractivity contribution < 1.29 is 13.6 Å². The van der Waals surface area contributed by atoms with Gasteiger partial charge in [-0.05, 0) is 50.3 Å². The molecule has 0 unspecified atom stereocenters. The summed E-state index contributed by atoms with van der Waals surface area (Å²) in [4.78, 5) is 31.9. The van der Waals surface area contributed by atoms with Crippen molar-refractivity contribution in [2.45, 2.75) is 44.3 Å². The zero-order valence-electron chi connectivity index (χ0n) is 15.8. The fourth-order valence-corrected chi connectivity index (χ4v) is 5.68. The van der Waals surface area contributed by atoms with Gasteiger partial charge in [0.1, 0.15) is 4.83 Å². The molecule has 0 bridgehead atoms. The number of aromatic nitrogens is 2. The highest BCUT2D eigenvalue weighted by Gasteiger charge is 2.22. The number of benzene rings is 1. The van der Waals surface area contributed by atoms with E-state index in [0.717, 1.165) is 65.4 Å². The molecule has 152 valence electrons. The third-order valence-corrected chi connectivity index (χ3v) is 7.05. The lowest BCUT2D eigenvalue weighted by Crippen LogP contribution is -2.24. The molecule has 3 aromatic rings. The van der Waals surface area contributed by atoms with Crippen LogP contribution in [-0.2, 0) is 24.2 Å². The van der Waals surface area contributed by atoms with Gasteiger partial charge in [-0.2, -0.15) is 0 Å². The minimum atomic E-state index is -1.02. The Morgan fingerprint density at radius 1 is 1.28 bits per heavy atom. The molecule has 0 radical (unpaired) electrons. The minimum Gasteiger partial charge on any atom is -0.325 e. The van der Waals surface area contributed by atoms with Crippen LogP contribution in [0.25, 0.3) is 10.2 Å². The number of nitrogens with zero attached hydrogens (tertiary/aromatic N) is 2. The molecule has 5 nitrogen and oxygen atoms in total. The third kappa shape index (κ3) is 3.93. The summed E-state index contributed by atoms with van der Waals surface area (Å²) in [6, 6.07) is 3.19. The van der Waals surface area contributed by atoms with Crippen LogP contribution in [0.4, 0.5) is 14.5 Å². The number of carbonyl (C=O) groups is 1. The molecule has 1 aliphatic rings. The second-order valence-electron chi connectivity index (χ2n) is 6.80. The van der Waals surface area contributed by atoms with Gasteiger partial charge in [0.2, 0.25) is 5.91 Å². The molecule has 2 heterocycles. The molecule has 1 aliphatic carbocycles. The van der Waals surface area contributed by atoms with E-state index < -0.39 is 11.6 Å². The lowest BCUT2D eigenvalue weighted by molar-refractivity contribution is -0.113. The Labute approximate surface area is 174 Å². The summed E-state index contributed by atoms with van der Waals surface area (Å²) < 4.78 is 27.9. The summed E-state index contributed by atoms with van der Waals surface area (Å²) in [5.41, 5.74) is 1.26. The van der Waals surface area contributed by atoms with Gasteiger partial charge in [-0.3, -0.25) is 14.2 Å². The highest BCUT2D eigenvalue weighted by molar-refractivity contribution is 7.99. The van der Waals surface area contributed by atoms with Crippen molar-refractivity contribution in [1.29, 1.82) is 0 Å². The van der Waals surface area contributed by atoms with Crippen LogP contribution in [0.5, 0.6) is 0 Å². The summed E-state index contributed by atoms with van der Waals surface area (Å²) in [6.45, 7) is 2.33. The van der Waals surface area contributed by atoms with Crippen LogP contribution in [0.15, 0.2) is 28.2 Å². The van der Waals surface area contributed by atoms with Crippen molar-refractivity contribution in [2.75, 3.05) is 11.1 Å². The normalized spacial score (nSPS) is 13.5. The first-order chi connectivity index (χ1) is 14.0. The number of halogens is 2. The maximum Gasteiger partial charge on any atom is 0.263 e. The summed E-state index contributed by atoms with van der Waals surface area (Å²) in [7, 11) is 0. The molecule has 0 aliphatic heterocycles. The molecule has 0 spiro atoms. The number of carbonyl (C=O) groups excluding carboxylic acids is 1. The number of thiophene rings is 1. The van der Waals surface area contributed by atoms with Crippen LogP contribution in [0.3, 0.4) is 0 Å². The second-order valence-corrected chi connectivity index (χ2v) is 8.83. The predicted octanol–water partition coefficient (Wildman–Crippen LogP) is 4.37. The Hall–Kier alpha value is -2.26. The maximum atomic E-state index is 13.3. The lowest BCUT2D eigenvalue weighted by Gasteiger charge is -2.12. The van der Waals surface area contributed by atoms with Crippen LogP contribution < -0.4 is 10.9 Å². The van der Waals surface area contributed by atoms with Crippen LogP contribution in [-0.4, -0.2) is 21.2 Å². The average Bonchev–Trinajstić information content (AvgIpc) is 3.08. The number of hydrogen-bond donors (Lipinski definition) is 1. The molecule has 1 aromatic carbocycles. The van der Waals surface area contributed by atoms with Crippen molar-refractivity contribution in [3.63, 3.8) is 0 Å². The van der Waals surface area contributed by atoms with E-state index in [-0.39, 0.29) is 22.9 Å². The fourth-order valence-electron chi connectivity index (χ4n) is 3.51. The van der Waals surface area contributed by atoms with Gasteiger partial charge in [0.15, 0.2) is 16.8 Å². The Kier molecular flexibility index (Phi) is 5.69. The monoisotopic (exact) mass is 435 g/mol. The number of hydrogen-bond acceptors (Lipinski definition) is 5. The number of nitrogens with one attached hydrogen (secondary N) is 1. The zero-order valence-corrected chi connectivity index (χ0v) is 17.4. The van der Waals surface area contributed by atoms with Gasteiger partial charge in [0.05, 0.1) is 11.1 Å². The van der Waals surface area contributed by atoms with E-state index >= 15 is 0 Å². The molecule has 1 N–H and O–H groups in total. The molecular weight excluding hydrogens is 416 g/mol. The highest BCUT2D eigenvalue weighted by atomic mass is 32.2. The molecule has 1 amide bonds. The Bertz CT molecular complexity index is 1160. The van der Waals surface area contributed by atoms with Gasteiger partial charge in [0, 0.05) is 23.2 Å². The van der Waals surface area contributed by atoms with Crippen LogP contribution >= 0.6 is 23.1 Å². The number of aryl methyl sites for hydroxylation is 2. The highest BCUT2D eigenvalue weighted by Crippen LogP contribution is 2.34. The Balaban J connectivity index is 1.56. The van der Waals surface area contributed by atoms with Gasteiger partial charge in [0.25, 0.3) is 5.56 Å². The van der Waals surface area contributed by atoms with Crippen molar-refractivity contribution >= 4 is 44.9 Å². The Morgan fingerprint density at radius 2 is 2.07 bits per heavy atom. The van der Waals surface area contributed by atoms with Crippen molar-refractivity contribution in [1.82, 2.24) is 9.55 Å². The molecule has 2 aromatic heterocycles. The Morgan fingerprint density at radius 3 is 2.83 bits per heavy atom. The van der Waals surface area contributed by atoms with E-state index in [0.29, 0.717) is 11.7 Å². The molecular formula is C20H19F2N3O2S2. The molecule has 29 heavy (non-hydrogen) atoms. The summed E-state index contributed by atoms with van der Waals surface area (Å²) >= 11 is 2.73. The van der Waals surface area contributed by atoms with Crippen molar-refractivity contribution in [3.05, 3.63) is 50.6 Å². The predicted molar refractivity (Wildman–Crippen MR) is 112 cm³/mol. The zero-order chi connectivity index (χ0) is 20.5. The van der Waals surface area contributed by atoms with E-state index in [9.17, 15) is 18.4 Å². The molecule has 0 saturated carbocycles. The van der Waals surface area contributed by atoms with Crippen LogP contribution in [0.1, 0.15) is 30.2 Å². The lowest BCUT2D eigenvalue weighted by atomic mass is 9.97. The molecule has 0 atom stereocenters. The van der Waals surface area contributed by atoms with Gasteiger partial charge in [-0.25, -0.2) is 13.8 Å². The first-order valence-corrected chi connectivity index (χ1v) is 11.2. The van der Waals surface area contributed by atoms with E-state index in [1.165, 1.54) is 10.9 Å². The first kappa shape index (κ1) is 20.0. The standard InChI is InChI=1S/C20H19F2N3O2S2/c1-2-25-19(27)17-12-5-3-4-6-15(12)29-18(17)24-20(25)28-10-16(26)23-11-7-8-13(21)14(22)9-11/h7-9H,2-6,10H2,1H3,(H,23,26). The fraction of sp³-hybridized carbons (Fsp3) is 0.350. The number of rotatable bonds is 5. The number of amides is 1. The first-order valence-electron chi connectivity index (χ1n) is 9.40. The smallest absolute Gasteiger partial charge is 0.263 e. The number of fused-ring (bicyclic) bond motifs is 3. The van der Waals surface area contributed by atoms with Crippen LogP contribution in [0.2, 0.25) is 0 Å². The van der Waals surface area contributed by atoms with Crippen molar-refractivity contribution in [3.8, 4) is 0 Å². The quantitative estimate of drug-likeness (QED) is 0.478. The van der Waals surface area contributed by atoms with E-state index in [1.54, 1.807) is 15.9 Å². The largest absolute Gasteiger partial charge is 0.325 e. The van der Waals surface area contributed by atoms with Crippen molar-refractivity contribution in [2.24, 2.45) is 0 Å². The number of anilines is 1. The number of thioether (sulfide) groups is 1. The van der Waals surface area contributed by atoms with Gasteiger partial charge in [-0.1, -0.05) is 11.8 Å². The second kappa shape index (κ2) is 8.23. The topological polar surface area (TPSA) is 64.0 Å². The third-order valence-electron chi connectivity index (χ3n) is 4.89. The van der Waals surface area contributed by atoms with Gasteiger partial charge < -0.3 is 5.32 Å². The molecule has 9 heteroatoms. The summed E-state index contributed by atoms with van der Waals surface area (Å²) in [5, 5.41) is 3.74. The average molecular weight is 436 g/mol. The van der Waals surface area contributed by atoms with Gasteiger partial charge in [-0.15, -0.1) is 11.3 Å². The minimum absolute atomic E-state index is 0.00202. The molecule has 0 saturated heterocycles. The SMILES string of the molecule is CCn1c(SCC(=O)Nc2ccc(F)c(F)c2)nc2sc3c(c2c1=O)CCCC3. The summed E-state index contributed by atoms with van der Waals surface area (Å²) in [5.74, 6) is -2.38. The van der Waals surface area contributed by atoms with E-state index in [4.69, 9.17) is 0 Å². The maximum absolute atomic E-state index is 13.3. The van der Waals surface area contributed by atoms with E-state index in [2.05, 4.69) is 10.3 Å². The van der Waals surface area contributed by atoms with Gasteiger partial charge >= 0.3 is 0 Å². The van der Waals surface area contributed by atoms with Crippen LogP contribution in [0, 0.1) is 11.6 Å².